The fourth-order valence-electron chi connectivity index (χ4n) is 1.59. The molecule has 0 radical (unpaired) electrons. The first kappa shape index (κ1) is 20.2. The quantitative estimate of drug-likeness (QED) is 0.356. The third-order valence-electron chi connectivity index (χ3n) is 2.45. The van der Waals surface area contributed by atoms with Gasteiger partial charge in [-0.25, -0.2) is 4.39 Å². The van der Waals surface area contributed by atoms with Gasteiger partial charge in [0.15, 0.2) is 6.17 Å². The van der Waals surface area contributed by atoms with Gasteiger partial charge in [-0.1, -0.05) is 33.1 Å². The van der Waals surface area contributed by atoms with Crippen LogP contribution < -0.4 is 34.7 Å². The molecule has 0 rings (SSSR count). The molecule has 6 heteroatoms. The SMILES string of the molecule is CCCCCC(F)C(=O)N(CCC)CC(=O)[O-].[Na+]. The van der Waals surface area contributed by atoms with E-state index in [1.807, 2.05) is 6.92 Å². The summed E-state index contributed by atoms with van der Waals surface area (Å²) in [5, 5.41) is 10.4. The van der Waals surface area contributed by atoms with Crippen molar-refractivity contribution in [1.29, 1.82) is 0 Å². The van der Waals surface area contributed by atoms with E-state index in [0.29, 0.717) is 12.8 Å². The third kappa shape index (κ3) is 8.89. The number of hydrogen-bond acceptors (Lipinski definition) is 3. The van der Waals surface area contributed by atoms with Gasteiger partial charge in [-0.05, 0) is 12.8 Å². The summed E-state index contributed by atoms with van der Waals surface area (Å²) in [6, 6.07) is 0. The van der Waals surface area contributed by atoms with Crippen molar-refractivity contribution in [1.82, 2.24) is 4.90 Å². The Morgan fingerprint density at radius 1 is 1.22 bits per heavy atom. The second kappa shape index (κ2) is 11.9. The number of unbranched alkanes of at least 4 members (excludes halogenated alkanes) is 2. The monoisotopic (exact) mass is 269 g/mol. The summed E-state index contributed by atoms with van der Waals surface area (Å²) in [6.07, 6.45) is 1.66. The molecule has 0 N–H and O–H groups in total. The molecule has 0 aromatic rings. The van der Waals surface area contributed by atoms with Crippen LogP contribution in [0.4, 0.5) is 4.39 Å². The van der Waals surface area contributed by atoms with Gasteiger partial charge in [0.2, 0.25) is 0 Å². The second-order valence-electron chi connectivity index (χ2n) is 4.10. The Morgan fingerprint density at radius 2 is 1.83 bits per heavy atom. The summed E-state index contributed by atoms with van der Waals surface area (Å²) < 4.78 is 13.5. The normalized spacial score (nSPS) is 11.5. The van der Waals surface area contributed by atoms with E-state index in [-0.39, 0.29) is 42.5 Å². The van der Waals surface area contributed by atoms with E-state index in [1.165, 1.54) is 0 Å². The van der Waals surface area contributed by atoms with Crippen LogP contribution in [0.25, 0.3) is 0 Å². The summed E-state index contributed by atoms with van der Waals surface area (Å²) >= 11 is 0. The first-order chi connectivity index (χ1) is 8.02. The van der Waals surface area contributed by atoms with E-state index >= 15 is 0 Å². The van der Waals surface area contributed by atoms with Gasteiger partial charge in [-0.2, -0.15) is 0 Å². The number of aliphatic carboxylic acids is 1. The van der Waals surface area contributed by atoms with Crippen molar-refractivity contribution in [3.63, 3.8) is 0 Å². The fourth-order valence-corrected chi connectivity index (χ4v) is 1.59. The molecule has 1 unspecified atom stereocenters. The molecular formula is C12H21FNNaO3. The van der Waals surface area contributed by atoms with Gasteiger partial charge in [0, 0.05) is 6.54 Å². The molecule has 0 fully saturated rings. The van der Waals surface area contributed by atoms with Crippen molar-refractivity contribution < 1.29 is 48.6 Å². The molecule has 0 aliphatic rings. The standard InChI is InChI=1S/C12H22FNO3.Na/c1-3-5-6-7-10(13)12(17)14(8-4-2)9-11(15)16;/h10H,3-9H2,1-2H3,(H,15,16);/q;+1/p-1. The van der Waals surface area contributed by atoms with Crippen LogP contribution in [0, 0.1) is 0 Å². The maximum absolute atomic E-state index is 13.5. The number of carboxylic acid groups (broad SMARTS) is 1. The molecule has 0 saturated heterocycles. The number of hydrogen-bond donors (Lipinski definition) is 0. The topological polar surface area (TPSA) is 60.4 Å². The fraction of sp³-hybridized carbons (Fsp3) is 0.833. The molecule has 0 spiro atoms. The maximum atomic E-state index is 13.5. The molecule has 0 aliphatic carbocycles. The van der Waals surface area contributed by atoms with Crippen LogP contribution in [0.3, 0.4) is 0 Å². The van der Waals surface area contributed by atoms with E-state index < -0.39 is 24.6 Å². The van der Waals surface area contributed by atoms with Gasteiger partial charge in [-0.3, -0.25) is 4.79 Å². The van der Waals surface area contributed by atoms with Crippen LogP contribution in [0.5, 0.6) is 0 Å². The molecular weight excluding hydrogens is 248 g/mol. The number of nitrogens with zero attached hydrogens (tertiary/aromatic N) is 1. The number of amides is 1. The molecule has 18 heavy (non-hydrogen) atoms. The second-order valence-corrected chi connectivity index (χ2v) is 4.10. The van der Waals surface area contributed by atoms with Crippen molar-refractivity contribution in [2.45, 2.75) is 52.1 Å². The number of rotatable bonds is 9. The Labute approximate surface area is 130 Å². The Balaban J connectivity index is 0. The maximum Gasteiger partial charge on any atom is 1.00 e. The van der Waals surface area contributed by atoms with Crippen molar-refractivity contribution in [2.24, 2.45) is 0 Å². The van der Waals surface area contributed by atoms with Crippen LogP contribution >= 0.6 is 0 Å². The molecule has 0 bridgehead atoms. The molecule has 100 valence electrons. The average Bonchev–Trinajstić information content (AvgIpc) is 2.27. The van der Waals surface area contributed by atoms with E-state index in [4.69, 9.17) is 0 Å². The first-order valence-corrected chi connectivity index (χ1v) is 6.15. The number of carbonyl (C=O) groups excluding carboxylic acids is 2. The molecule has 0 aromatic carbocycles. The van der Waals surface area contributed by atoms with E-state index in [9.17, 15) is 19.1 Å². The summed E-state index contributed by atoms with van der Waals surface area (Å²) in [7, 11) is 0. The van der Waals surface area contributed by atoms with Crippen LogP contribution in [-0.4, -0.2) is 36.0 Å². The molecule has 0 saturated carbocycles. The minimum Gasteiger partial charge on any atom is -0.548 e. The Kier molecular flexibility index (Phi) is 13.4. The summed E-state index contributed by atoms with van der Waals surface area (Å²) in [6.45, 7) is 3.52. The van der Waals surface area contributed by atoms with E-state index in [1.54, 1.807) is 6.92 Å². The van der Waals surface area contributed by atoms with Crippen molar-refractivity contribution in [2.75, 3.05) is 13.1 Å². The van der Waals surface area contributed by atoms with Crippen molar-refractivity contribution in [3.8, 4) is 0 Å². The van der Waals surface area contributed by atoms with Crippen molar-refractivity contribution >= 4 is 11.9 Å². The first-order valence-electron chi connectivity index (χ1n) is 6.15. The Bertz CT molecular complexity index is 251. The van der Waals surface area contributed by atoms with E-state index in [0.717, 1.165) is 17.7 Å². The Hall–Kier alpha value is -0.130. The van der Waals surface area contributed by atoms with Crippen LogP contribution in [0.1, 0.15) is 46.0 Å². The molecule has 0 aliphatic heterocycles. The Morgan fingerprint density at radius 3 is 2.28 bits per heavy atom. The van der Waals surface area contributed by atoms with Crippen LogP contribution in [0.2, 0.25) is 0 Å². The minimum atomic E-state index is -1.59. The van der Waals surface area contributed by atoms with Gasteiger partial charge >= 0.3 is 29.6 Å². The molecule has 0 aromatic heterocycles. The average molecular weight is 269 g/mol. The van der Waals surface area contributed by atoms with Gasteiger partial charge in [0.05, 0.1) is 12.5 Å². The minimum absolute atomic E-state index is 0. The largest absolute Gasteiger partial charge is 1.00 e. The summed E-state index contributed by atoms with van der Waals surface area (Å²) in [5.74, 6) is -2.08. The molecule has 4 nitrogen and oxygen atoms in total. The van der Waals surface area contributed by atoms with Crippen molar-refractivity contribution in [3.05, 3.63) is 0 Å². The molecule has 1 atom stereocenters. The zero-order chi connectivity index (χ0) is 13.3. The zero-order valence-corrected chi connectivity index (χ0v) is 13.6. The van der Waals surface area contributed by atoms with Gasteiger partial charge in [-0.15, -0.1) is 0 Å². The number of carbonyl (C=O) groups is 2. The number of alkyl halides is 1. The number of carboxylic acids is 1. The zero-order valence-electron chi connectivity index (χ0n) is 11.6. The van der Waals surface area contributed by atoms with Gasteiger partial charge in [0.1, 0.15) is 0 Å². The third-order valence-corrected chi connectivity index (χ3v) is 2.45. The number of halogens is 1. The smallest absolute Gasteiger partial charge is 0.548 e. The van der Waals surface area contributed by atoms with Gasteiger partial charge < -0.3 is 14.8 Å². The van der Waals surface area contributed by atoms with Gasteiger partial charge in [0.25, 0.3) is 5.91 Å². The van der Waals surface area contributed by atoms with Crippen LogP contribution in [-0.2, 0) is 9.59 Å². The predicted molar refractivity (Wildman–Crippen MR) is 60.9 cm³/mol. The molecule has 1 amide bonds. The molecule has 0 heterocycles. The summed E-state index contributed by atoms with van der Waals surface area (Å²) in [5.41, 5.74) is 0. The van der Waals surface area contributed by atoms with Crippen LogP contribution in [0.15, 0.2) is 0 Å². The summed E-state index contributed by atoms with van der Waals surface area (Å²) in [4.78, 5) is 23.1. The van der Waals surface area contributed by atoms with E-state index in [2.05, 4.69) is 0 Å². The predicted octanol–water partition coefficient (Wildman–Crippen LogP) is -2.10.